The number of aryl methyl sites for hydroxylation is 1. The number of carbonyl (C=O) groups is 2. The van der Waals surface area contributed by atoms with Crippen LogP contribution in [0.15, 0.2) is 10.6 Å². The van der Waals surface area contributed by atoms with Gasteiger partial charge in [-0.05, 0) is 26.7 Å². The van der Waals surface area contributed by atoms with Crippen molar-refractivity contribution in [2.24, 2.45) is 0 Å². The lowest BCUT2D eigenvalue weighted by atomic mass is 9.92. The zero-order valence-electron chi connectivity index (χ0n) is 12.9. The minimum atomic E-state index is -0.600. The van der Waals surface area contributed by atoms with Crippen LogP contribution in [0.4, 0.5) is 0 Å². The molecule has 0 unspecified atom stereocenters. The van der Waals surface area contributed by atoms with E-state index in [1.165, 1.54) is 7.11 Å². The molecule has 0 N–H and O–H groups in total. The number of methoxy groups -OCH3 is 1. The SMILES string of the molecule is COC(=O)[C@@H]1C[C@@H]2[C@H](CC[C@@H](C)N2C(=O)c2cc(C)no2)O1. The Morgan fingerprint density at radius 2 is 2.18 bits per heavy atom. The van der Waals surface area contributed by atoms with Crippen LogP contribution in [0.3, 0.4) is 0 Å². The van der Waals surface area contributed by atoms with E-state index in [1.807, 2.05) is 6.92 Å². The predicted octanol–water partition coefficient (Wildman–Crippen LogP) is 1.31. The molecule has 0 radical (unpaired) electrons. The number of esters is 1. The minimum Gasteiger partial charge on any atom is -0.467 e. The molecule has 0 saturated carbocycles. The van der Waals surface area contributed by atoms with Crippen molar-refractivity contribution in [3.05, 3.63) is 17.5 Å². The molecule has 0 aromatic carbocycles. The maximum atomic E-state index is 12.7. The number of hydrogen-bond donors (Lipinski definition) is 0. The lowest BCUT2D eigenvalue weighted by molar-refractivity contribution is -0.153. The van der Waals surface area contributed by atoms with Crippen LogP contribution in [0.5, 0.6) is 0 Å². The number of aromatic nitrogens is 1. The molecule has 0 aliphatic carbocycles. The summed E-state index contributed by atoms with van der Waals surface area (Å²) in [6, 6.07) is 1.57. The Kier molecular flexibility index (Phi) is 3.90. The Hall–Kier alpha value is -1.89. The fourth-order valence-electron chi connectivity index (χ4n) is 3.38. The Labute approximate surface area is 128 Å². The average Bonchev–Trinajstić information content (AvgIpc) is 3.11. The van der Waals surface area contributed by atoms with Crippen LogP contribution in [0, 0.1) is 6.92 Å². The highest BCUT2D eigenvalue weighted by Gasteiger charge is 2.48. The largest absolute Gasteiger partial charge is 0.467 e. The summed E-state index contributed by atoms with van der Waals surface area (Å²) in [5.74, 6) is -0.353. The number of amides is 1. The van der Waals surface area contributed by atoms with E-state index in [1.54, 1.807) is 17.9 Å². The molecule has 0 spiro atoms. The fourth-order valence-corrected chi connectivity index (χ4v) is 3.38. The van der Waals surface area contributed by atoms with Gasteiger partial charge in [0.25, 0.3) is 5.91 Å². The molecule has 0 bridgehead atoms. The number of carbonyl (C=O) groups excluding carboxylic acids is 2. The first-order valence-electron chi connectivity index (χ1n) is 7.50. The topological polar surface area (TPSA) is 81.9 Å². The molecular weight excluding hydrogens is 288 g/mol. The molecule has 3 rings (SSSR count). The molecule has 22 heavy (non-hydrogen) atoms. The van der Waals surface area contributed by atoms with Crippen LogP contribution in [0.2, 0.25) is 0 Å². The summed E-state index contributed by atoms with van der Waals surface area (Å²) < 4.78 is 15.6. The number of likely N-dealkylation sites (tertiary alicyclic amines) is 1. The second kappa shape index (κ2) is 5.72. The molecule has 120 valence electrons. The molecule has 2 fully saturated rings. The van der Waals surface area contributed by atoms with Crippen molar-refractivity contribution in [3.8, 4) is 0 Å². The van der Waals surface area contributed by atoms with E-state index in [2.05, 4.69) is 5.16 Å². The normalized spacial score (nSPS) is 31.0. The van der Waals surface area contributed by atoms with Crippen LogP contribution in [-0.4, -0.2) is 53.3 Å². The molecule has 7 heteroatoms. The van der Waals surface area contributed by atoms with Gasteiger partial charge in [0, 0.05) is 18.5 Å². The third-order valence-electron chi connectivity index (χ3n) is 4.46. The summed E-state index contributed by atoms with van der Waals surface area (Å²) in [6.45, 7) is 3.78. The molecule has 1 aromatic rings. The summed E-state index contributed by atoms with van der Waals surface area (Å²) in [6.07, 6.45) is 1.39. The molecule has 2 saturated heterocycles. The number of hydrogen-bond acceptors (Lipinski definition) is 6. The minimum absolute atomic E-state index is 0.0687. The van der Waals surface area contributed by atoms with Gasteiger partial charge >= 0.3 is 5.97 Å². The van der Waals surface area contributed by atoms with Crippen molar-refractivity contribution < 1.29 is 23.6 Å². The molecule has 7 nitrogen and oxygen atoms in total. The van der Waals surface area contributed by atoms with Crippen LogP contribution in [0.1, 0.15) is 42.4 Å². The summed E-state index contributed by atoms with van der Waals surface area (Å²) in [5.41, 5.74) is 0.666. The first-order chi connectivity index (χ1) is 10.5. The standard InChI is InChI=1S/C15H20N2O5/c1-8-6-12(22-16-8)14(18)17-9(2)4-5-11-10(17)7-13(21-11)15(19)20-3/h6,9-11,13H,4-5,7H2,1-3H3/t9-,10-,11+,13+/m1/s1. The lowest BCUT2D eigenvalue weighted by Gasteiger charge is -2.40. The highest BCUT2D eigenvalue weighted by Crippen LogP contribution is 2.36. The number of fused-ring (bicyclic) bond motifs is 1. The van der Waals surface area contributed by atoms with Gasteiger partial charge in [-0.3, -0.25) is 4.79 Å². The molecule has 1 aromatic heterocycles. The van der Waals surface area contributed by atoms with E-state index >= 15 is 0 Å². The zero-order chi connectivity index (χ0) is 15.9. The van der Waals surface area contributed by atoms with Gasteiger partial charge in [0.15, 0.2) is 6.10 Å². The van der Waals surface area contributed by atoms with Crippen molar-refractivity contribution in [2.45, 2.75) is 57.4 Å². The smallest absolute Gasteiger partial charge is 0.335 e. The predicted molar refractivity (Wildman–Crippen MR) is 75.2 cm³/mol. The Balaban J connectivity index is 1.82. The zero-order valence-corrected chi connectivity index (χ0v) is 12.9. The van der Waals surface area contributed by atoms with E-state index in [0.29, 0.717) is 12.1 Å². The summed E-state index contributed by atoms with van der Waals surface area (Å²) in [4.78, 5) is 26.2. The highest BCUT2D eigenvalue weighted by atomic mass is 16.6. The first-order valence-corrected chi connectivity index (χ1v) is 7.50. The molecule has 1 amide bonds. The quantitative estimate of drug-likeness (QED) is 0.766. The molecule has 2 aliphatic rings. The van der Waals surface area contributed by atoms with E-state index in [0.717, 1.165) is 12.8 Å². The van der Waals surface area contributed by atoms with E-state index in [-0.39, 0.29) is 35.8 Å². The van der Waals surface area contributed by atoms with Crippen molar-refractivity contribution in [2.75, 3.05) is 7.11 Å². The summed E-state index contributed by atoms with van der Waals surface area (Å²) in [5, 5.41) is 3.77. The van der Waals surface area contributed by atoms with Crippen LogP contribution in [0.25, 0.3) is 0 Å². The second-order valence-corrected chi connectivity index (χ2v) is 5.96. The Morgan fingerprint density at radius 3 is 2.82 bits per heavy atom. The van der Waals surface area contributed by atoms with E-state index in [4.69, 9.17) is 14.0 Å². The third kappa shape index (κ3) is 2.49. The van der Waals surface area contributed by atoms with Gasteiger partial charge in [-0.15, -0.1) is 0 Å². The summed E-state index contributed by atoms with van der Waals surface area (Å²) >= 11 is 0. The van der Waals surface area contributed by atoms with Crippen LogP contribution in [-0.2, 0) is 14.3 Å². The lowest BCUT2D eigenvalue weighted by Crippen LogP contribution is -2.53. The third-order valence-corrected chi connectivity index (χ3v) is 4.46. The molecule has 2 aliphatic heterocycles. The fraction of sp³-hybridized carbons (Fsp3) is 0.667. The van der Waals surface area contributed by atoms with E-state index < -0.39 is 6.10 Å². The van der Waals surface area contributed by atoms with Crippen molar-refractivity contribution in [3.63, 3.8) is 0 Å². The van der Waals surface area contributed by atoms with E-state index in [9.17, 15) is 9.59 Å². The number of nitrogens with zero attached hydrogens (tertiary/aromatic N) is 2. The first kappa shape index (κ1) is 15.0. The van der Waals surface area contributed by atoms with Gasteiger partial charge in [-0.1, -0.05) is 5.16 Å². The second-order valence-electron chi connectivity index (χ2n) is 5.96. The molecule has 3 heterocycles. The van der Waals surface area contributed by atoms with Crippen molar-refractivity contribution in [1.29, 1.82) is 0 Å². The highest BCUT2D eigenvalue weighted by molar-refractivity contribution is 5.92. The van der Waals surface area contributed by atoms with Crippen molar-refractivity contribution >= 4 is 11.9 Å². The van der Waals surface area contributed by atoms with Gasteiger partial charge < -0.3 is 18.9 Å². The maximum Gasteiger partial charge on any atom is 0.335 e. The number of ether oxygens (including phenoxy) is 2. The monoisotopic (exact) mass is 308 g/mol. The van der Waals surface area contributed by atoms with Crippen molar-refractivity contribution in [1.82, 2.24) is 10.1 Å². The molecular formula is C15H20N2O5. The average molecular weight is 308 g/mol. The number of rotatable bonds is 2. The summed E-state index contributed by atoms with van der Waals surface area (Å²) in [7, 11) is 1.34. The maximum absolute atomic E-state index is 12.7. The van der Waals surface area contributed by atoms with Gasteiger partial charge in [0.1, 0.15) is 0 Å². The Morgan fingerprint density at radius 1 is 1.41 bits per heavy atom. The van der Waals surface area contributed by atoms with Gasteiger partial charge in [-0.25, -0.2) is 4.79 Å². The molecule has 4 atom stereocenters. The van der Waals surface area contributed by atoms with Gasteiger partial charge in [-0.2, -0.15) is 0 Å². The van der Waals surface area contributed by atoms with Crippen LogP contribution < -0.4 is 0 Å². The van der Waals surface area contributed by atoms with Crippen LogP contribution >= 0.6 is 0 Å². The number of piperidine rings is 1. The van der Waals surface area contributed by atoms with Gasteiger partial charge in [0.2, 0.25) is 5.76 Å². The van der Waals surface area contributed by atoms with Gasteiger partial charge in [0.05, 0.1) is 24.9 Å². The Bertz CT molecular complexity index is 584.